The molecule has 4 nitrogen and oxygen atoms in total. The molecule has 1 rings (SSSR count). The van der Waals surface area contributed by atoms with E-state index >= 15 is 0 Å². The van der Waals surface area contributed by atoms with Crippen LogP contribution in [0, 0.1) is 5.41 Å². The van der Waals surface area contributed by atoms with E-state index in [-0.39, 0.29) is 17.4 Å². The average molecular weight is 320 g/mol. The van der Waals surface area contributed by atoms with E-state index in [1.54, 1.807) is 6.20 Å². The van der Waals surface area contributed by atoms with Gasteiger partial charge in [-0.05, 0) is 27.8 Å². The van der Waals surface area contributed by atoms with Gasteiger partial charge in [0.1, 0.15) is 0 Å². The Morgan fingerprint density at radius 1 is 1.65 bits per heavy atom. The molecular weight excluding hydrogens is 302 g/mol. The van der Waals surface area contributed by atoms with Gasteiger partial charge in [-0.15, -0.1) is 0 Å². The molecule has 0 spiro atoms. The number of carbonyl (C=O) groups is 1. The maximum Gasteiger partial charge on any atom is 0.227 e. The van der Waals surface area contributed by atoms with Crippen molar-refractivity contribution in [2.75, 3.05) is 5.32 Å². The molecule has 0 aliphatic heterocycles. The third kappa shape index (κ3) is 6.14. The summed E-state index contributed by atoms with van der Waals surface area (Å²) in [5.41, 5.74) is 6.08. The zero-order valence-corrected chi connectivity index (χ0v) is 12.7. The molecular formula is C11H18BrN3OS. The molecule has 3 N–H and O–H groups in total. The van der Waals surface area contributed by atoms with Crippen molar-refractivity contribution < 1.29 is 4.79 Å². The number of aromatic nitrogens is 1. The third-order valence-corrected chi connectivity index (χ3v) is 3.44. The molecule has 0 bridgehead atoms. The Kier molecular flexibility index (Phi) is 5.09. The Morgan fingerprint density at radius 3 is 2.76 bits per heavy atom. The minimum Gasteiger partial charge on any atom is -0.327 e. The predicted octanol–water partition coefficient (Wildman–Crippen LogP) is 3.00. The molecule has 0 radical (unpaired) electrons. The van der Waals surface area contributed by atoms with Gasteiger partial charge < -0.3 is 11.1 Å². The van der Waals surface area contributed by atoms with Crippen LogP contribution >= 0.6 is 27.3 Å². The second-order valence-corrected chi connectivity index (χ2v) is 7.66. The number of thiazole rings is 1. The standard InChI is InChI=1S/C11H18BrN3OS/c1-11(2,3)5-7(13)4-9(16)15-10-14-6-8(12)17-10/h6-7H,4-5,13H2,1-3H3,(H,14,15,16). The molecule has 6 heteroatoms. The highest BCUT2D eigenvalue weighted by atomic mass is 79.9. The van der Waals surface area contributed by atoms with Crippen LogP contribution in [0.1, 0.15) is 33.6 Å². The maximum atomic E-state index is 11.7. The van der Waals surface area contributed by atoms with Crippen LogP contribution in [0.2, 0.25) is 0 Å². The van der Waals surface area contributed by atoms with Gasteiger partial charge in [0.2, 0.25) is 5.91 Å². The van der Waals surface area contributed by atoms with Gasteiger partial charge in [-0.2, -0.15) is 0 Å². The second-order valence-electron chi connectivity index (χ2n) is 5.25. The zero-order chi connectivity index (χ0) is 13.1. The molecule has 1 aromatic rings. The summed E-state index contributed by atoms with van der Waals surface area (Å²) in [5.74, 6) is -0.0800. The van der Waals surface area contributed by atoms with Gasteiger partial charge in [0.25, 0.3) is 0 Å². The summed E-state index contributed by atoms with van der Waals surface area (Å²) in [5, 5.41) is 3.34. The van der Waals surface area contributed by atoms with Crippen LogP contribution in [-0.2, 0) is 4.79 Å². The lowest BCUT2D eigenvalue weighted by Crippen LogP contribution is -2.31. The Morgan fingerprint density at radius 2 is 2.29 bits per heavy atom. The van der Waals surface area contributed by atoms with Crippen molar-refractivity contribution in [2.24, 2.45) is 11.1 Å². The van der Waals surface area contributed by atoms with Crippen molar-refractivity contribution >= 4 is 38.3 Å². The van der Waals surface area contributed by atoms with Crippen molar-refractivity contribution in [1.29, 1.82) is 0 Å². The zero-order valence-electron chi connectivity index (χ0n) is 10.3. The molecule has 0 saturated carbocycles. The lowest BCUT2D eigenvalue weighted by molar-refractivity contribution is -0.116. The topological polar surface area (TPSA) is 68.0 Å². The molecule has 0 aromatic carbocycles. The largest absolute Gasteiger partial charge is 0.327 e. The number of anilines is 1. The van der Waals surface area contributed by atoms with E-state index in [0.717, 1.165) is 10.2 Å². The number of rotatable bonds is 4. The first-order valence-electron chi connectivity index (χ1n) is 5.43. The van der Waals surface area contributed by atoms with Gasteiger partial charge in [0.15, 0.2) is 5.13 Å². The normalized spacial score (nSPS) is 13.5. The Bertz CT molecular complexity index is 386. The molecule has 0 saturated heterocycles. The van der Waals surface area contributed by atoms with E-state index in [2.05, 4.69) is 47.0 Å². The molecule has 96 valence electrons. The van der Waals surface area contributed by atoms with Crippen molar-refractivity contribution in [3.8, 4) is 0 Å². The van der Waals surface area contributed by atoms with Gasteiger partial charge in [-0.3, -0.25) is 4.79 Å². The molecule has 0 aliphatic carbocycles. The van der Waals surface area contributed by atoms with Crippen LogP contribution in [0.15, 0.2) is 9.98 Å². The fraction of sp³-hybridized carbons (Fsp3) is 0.636. The number of hydrogen-bond donors (Lipinski definition) is 2. The number of amides is 1. The molecule has 17 heavy (non-hydrogen) atoms. The number of carbonyl (C=O) groups excluding carboxylic acids is 1. The number of nitrogens with two attached hydrogens (primary N) is 1. The summed E-state index contributed by atoms with van der Waals surface area (Å²) in [7, 11) is 0. The van der Waals surface area contributed by atoms with E-state index in [4.69, 9.17) is 5.73 Å². The molecule has 0 fully saturated rings. The van der Waals surface area contributed by atoms with Crippen LogP contribution in [0.25, 0.3) is 0 Å². The average Bonchev–Trinajstić information content (AvgIpc) is 2.46. The quantitative estimate of drug-likeness (QED) is 0.896. The van der Waals surface area contributed by atoms with E-state index in [0.29, 0.717) is 11.6 Å². The summed E-state index contributed by atoms with van der Waals surface area (Å²) < 4.78 is 0.895. The van der Waals surface area contributed by atoms with Crippen LogP contribution in [-0.4, -0.2) is 16.9 Å². The number of nitrogens with one attached hydrogen (secondary N) is 1. The molecule has 1 unspecified atom stereocenters. The van der Waals surface area contributed by atoms with Gasteiger partial charge in [-0.25, -0.2) is 4.98 Å². The van der Waals surface area contributed by atoms with Crippen molar-refractivity contribution in [3.05, 3.63) is 9.98 Å². The Labute approximate surface area is 114 Å². The monoisotopic (exact) mass is 319 g/mol. The second kappa shape index (κ2) is 5.93. The van der Waals surface area contributed by atoms with E-state index < -0.39 is 0 Å². The third-order valence-electron chi connectivity index (χ3n) is 2.05. The summed E-state index contributed by atoms with van der Waals surface area (Å²) >= 11 is 4.68. The first kappa shape index (κ1) is 14.6. The fourth-order valence-corrected chi connectivity index (χ4v) is 2.70. The Balaban J connectivity index is 2.39. The van der Waals surface area contributed by atoms with Crippen LogP contribution in [0.4, 0.5) is 5.13 Å². The number of halogens is 1. The highest BCUT2D eigenvalue weighted by Gasteiger charge is 2.18. The predicted molar refractivity (Wildman–Crippen MR) is 75.1 cm³/mol. The van der Waals surface area contributed by atoms with Crippen LogP contribution in [0.3, 0.4) is 0 Å². The van der Waals surface area contributed by atoms with E-state index in [1.165, 1.54) is 11.3 Å². The van der Waals surface area contributed by atoms with Gasteiger partial charge in [-0.1, -0.05) is 32.1 Å². The summed E-state index contributed by atoms with van der Waals surface area (Å²) in [6.45, 7) is 6.34. The van der Waals surface area contributed by atoms with E-state index in [9.17, 15) is 4.79 Å². The van der Waals surface area contributed by atoms with Crippen molar-refractivity contribution in [1.82, 2.24) is 4.98 Å². The smallest absolute Gasteiger partial charge is 0.227 e. The van der Waals surface area contributed by atoms with Gasteiger partial charge in [0, 0.05) is 12.5 Å². The fourth-order valence-electron chi connectivity index (χ4n) is 1.58. The van der Waals surface area contributed by atoms with E-state index in [1.807, 2.05) is 0 Å². The van der Waals surface area contributed by atoms with Crippen LogP contribution in [0.5, 0.6) is 0 Å². The SMILES string of the molecule is CC(C)(C)CC(N)CC(=O)Nc1ncc(Br)s1. The van der Waals surface area contributed by atoms with Crippen molar-refractivity contribution in [3.63, 3.8) is 0 Å². The summed E-state index contributed by atoms with van der Waals surface area (Å²) in [6, 6.07) is -0.113. The molecule has 1 heterocycles. The van der Waals surface area contributed by atoms with Gasteiger partial charge in [0.05, 0.1) is 9.98 Å². The molecule has 1 amide bonds. The Hall–Kier alpha value is -0.460. The van der Waals surface area contributed by atoms with Gasteiger partial charge >= 0.3 is 0 Å². The lowest BCUT2D eigenvalue weighted by Gasteiger charge is -2.22. The lowest BCUT2D eigenvalue weighted by atomic mass is 9.87. The highest BCUT2D eigenvalue weighted by molar-refractivity contribution is 9.11. The van der Waals surface area contributed by atoms with Crippen molar-refractivity contribution in [2.45, 2.75) is 39.7 Å². The number of hydrogen-bond acceptors (Lipinski definition) is 4. The number of nitrogens with zero attached hydrogens (tertiary/aromatic N) is 1. The maximum absolute atomic E-state index is 11.7. The van der Waals surface area contributed by atoms with Crippen LogP contribution < -0.4 is 11.1 Å². The first-order chi connectivity index (χ1) is 7.76. The minimum atomic E-state index is -0.113. The first-order valence-corrected chi connectivity index (χ1v) is 7.04. The summed E-state index contributed by atoms with van der Waals surface area (Å²) in [4.78, 5) is 15.7. The minimum absolute atomic E-state index is 0.0800. The molecule has 1 atom stereocenters. The molecule has 0 aliphatic rings. The molecule has 1 aromatic heterocycles. The highest BCUT2D eigenvalue weighted by Crippen LogP contribution is 2.24. The summed E-state index contributed by atoms with van der Waals surface area (Å²) in [6.07, 6.45) is 2.81.